The Labute approximate surface area is 124 Å². The van der Waals surface area contributed by atoms with Gasteiger partial charge in [0, 0.05) is 25.6 Å². The molecule has 0 radical (unpaired) electrons. The van der Waals surface area contributed by atoms with Gasteiger partial charge in [-0.15, -0.1) is 0 Å². The highest BCUT2D eigenvalue weighted by atomic mass is 16.2. The van der Waals surface area contributed by atoms with E-state index in [4.69, 9.17) is 0 Å². The maximum Gasteiger partial charge on any atom is 0.222 e. The lowest BCUT2D eigenvalue weighted by atomic mass is 9.83. The SMILES string of the molecule is CNC(CN1CCC(C)(C)CCC1=O)C1CCCCC1. The third-order valence-corrected chi connectivity index (χ3v) is 5.43. The molecule has 0 bridgehead atoms. The van der Waals surface area contributed by atoms with Crippen LogP contribution in [0.1, 0.15) is 65.2 Å². The summed E-state index contributed by atoms with van der Waals surface area (Å²) in [4.78, 5) is 14.5. The van der Waals surface area contributed by atoms with E-state index in [1.807, 2.05) is 0 Å². The van der Waals surface area contributed by atoms with E-state index in [1.165, 1.54) is 32.1 Å². The second-order valence-electron chi connectivity index (χ2n) is 7.55. The fraction of sp³-hybridized carbons (Fsp3) is 0.941. The number of rotatable bonds is 4. The third-order valence-electron chi connectivity index (χ3n) is 5.43. The van der Waals surface area contributed by atoms with Crippen LogP contribution in [0.5, 0.6) is 0 Å². The van der Waals surface area contributed by atoms with Crippen molar-refractivity contribution in [3.05, 3.63) is 0 Å². The molecule has 116 valence electrons. The Morgan fingerprint density at radius 3 is 2.60 bits per heavy atom. The largest absolute Gasteiger partial charge is 0.341 e. The minimum Gasteiger partial charge on any atom is -0.341 e. The molecule has 1 saturated heterocycles. The summed E-state index contributed by atoms with van der Waals surface area (Å²) in [6.07, 6.45) is 9.69. The second-order valence-corrected chi connectivity index (χ2v) is 7.55. The number of carbonyl (C=O) groups excluding carboxylic acids is 1. The lowest BCUT2D eigenvalue weighted by molar-refractivity contribution is -0.131. The topological polar surface area (TPSA) is 32.3 Å². The number of likely N-dealkylation sites (N-methyl/N-ethyl adjacent to an activating group) is 1. The fourth-order valence-electron chi connectivity index (χ4n) is 3.73. The number of amides is 1. The van der Waals surface area contributed by atoms with E-state index in [0.717, 1.165) is 38.3 Å². The standard InChI is InChI=1S/C17H32N2O/c1-17(2)10-9-16(20)19(12-11-17)13-15(18-3)14-7-5-4-6-8-14/h14-15,18H,4-13H2,1-3H3. The van der Waals surface area contributed by atoms with E-state index < -0.39 is 0 Å². The minimum atomic E-state index is 0.324. The van der Waals surface area contributed by atoms with Gasteiger partial charge in [0.2, 0.25) is 5.91 Å². The molecule has 1 amide bonds. The molecule has 1 atom stereocenters. The Bertz CT molecular complexity index is 321. The molecule has 1 N–H and O–H groups in total. The molecule has 1 saturated carbocycles. The van der Waals surface area contributed by atoms with Crippen LogP contribution in [-0.4, -0.2) is 37.0 Å². The van der Waals surface area contributed by atoms with Crippen LogP contribution in [0.2, 0.25) is 0 Å². The first-order valence-corrected chi connectivity index (χ1v) is 8.47. The Kier molecular flexibility index (Phi) is 5.48. The molecule has 0 aromatic rings. The maximum atomic E-state index is 12.3. The highest BCUT2D eigenvalue weighted by Gasteiger charge is 2.30. The fourth-order valence-corrected chi connectivity index (χ4v) is 3.73. The van der Waals surface area contributed by atoms with Gasteiger partial charge in [-0.2, -0.15) is 0 Å². The zero-order valence-corrected chi connectivity index (χ0v) is 13.6. The van der Waals surface area contributed by atoms with Crippen molar-refractivity contribution in [3.63, 3.8) is 0 Å². The molecule has 1 aliphatic heterocycles. The Morgan fingerprint density at radius 2 is 1.95 bits per heavy atom. The summed E-state index contributed by atoms with van der Waals surface area (Å²) in [5.41, 5.74) is 0.324. The van der Waals surface area contributed by atoms with Gasteiger partial charge in [-0.1, -0.05) is 33.1 Å². The molecular weight excluding hydrogens is 248 g/mol. The van der Waals surface area contributed by atoms with Gasteiger partial charge in [-0.25, -0.2) is 0 Å². The number of carbonyl (C=O) groups is 1. The van der Waals surface area contributed by atoms with Crippen LogP contribution in [0, 0.1) is 11.3 Å². The van der Waals surface area contributed by atoms with Crippen molar-refractivity contribution in [3.8, 4) is 0 Å². The van der Waals surface area contributed by atoms with Gasteiger partial charge in [-0.05, 0) is 44.1 Å². The smallest absolute Gasteiger partial charge is 0.222 e. The van der Waals surface area contributed by atoms with Gasteiger partial charge in [0.1, 0.15) is 0 Å². The van der Waals surface area contributed by atoms with Crippen molar-refractivity contribution in [2.75, 3.05) is 20.1 Å². The highest BCUT2D eigenvalue weighted by Crippen LogP contribution is 2.31. The summed E-state index contributed by atoms with van der Waals surface area (Å²) in [6.45, 7) is 6.44. The lowest BCUT2D eigenvalue weighted by Crippen LogP contribution is -2.46. The molecule has 1 heterocycles. The van der Waals surface area contributed by atoms with Crippen LogP contribution >= 0.6 is 0 Å². The van der Waals surface area contributed by atoms with E-state index in [1.54, 1.807) is 0 Å². The Hall–Kier alpha value is -0.570. The van der Waals surface area contributed by atoms with Gasteiger partial charge >= 0.3 is 0 Å². The summed E-state index contributed by atoms with van der Waals surface area (Å²) in [5.74, 6) is 1.13. The molecule has 1 aliphatic carbocycles. The zero-order valence-electron chi connectivity index (χ0n) is 13.6. The summed E-state index contributed by atoms with van der Waals surface area (Å²) < 4.78 is 0. The molecule has 3 nitrogen and oxygen atoms in total. The highest BCUT2D eigenvalue weighted by molar-refractivity contribution is 5.76. The van der Waals surface area contributed by atoms with E-state index in [9.17, 15) is 4.79 Å². The van der Waals surface area contributed by atoms with Crippen LogP contribution in [-0.2, 0) is 4.79 Å². The molecule has 3 heteroatoms. The number of nitrogens with zero attached hydrogens (tertiary/aromatic N) is 1. The molecule has 0 aromatic carbocycles. The molecule has 20 heavy (non-hydrogen) atoms. The van der Waals surface area contributed by atoms with Gasteiger partial charge in [0.25, 0.3) is 0 Å². The molecule has 0 spiro atoms. The van der Waals surface area contributed by atoms with Crippen molar-refractivity contribution >= 4 is 5.91 Å². The maximum absolute atomic E-state index is 12.3. The van der Waals surface area contributed by atoms with Crippen molar-refractivity contribution in [1.29, 1.82) is 0 Å². The summed E-state index contributed by atoms with van der Waals surface area (Å²) >= 11 is 0. The first kappa shape index (κ1) is 15.8. The van der Waals surface area contributed by atoms with Crippen LogP contribution in [0.4, 0.5) is 0 Å². The van der Waals surface area contributed by atoms with Crippen molar-refractivity contribution in [2.24, 2.45) is 11.3 Å². The predicted molar refractivity (Wildman–Crippen MR) is 83.6 cm³/mol. The lowest BCUT2D eigenvalue weighted by Gasteiger charge is -2.34. The van der Waals surface area contributed by atoms with E-state index in [0.29, 0.717) is 17.4 Å². The minimum absolute atomic E-state index is 0.324. The van der Waals surface area contributed by atoms with Gasteiger partial charge in [0.15, 0.2) is 0 Å². The molecule has 1 unspecified atom stereocenters. The number of likely N-dealkylation sites (tertiary alicyclic amines) is 1. The zero-order chi connectivity index (χ0) is 14.6. The first-order chi connectivity index (χ1) is 9.52. The van der Waals surface area contributed by atoms with Gasteiger partial charge < -0.3 is 10.2 Å². The van der Waals surface area contributed by atoms with Crippen LogP contribution in [0.3, 0.4) is 0 Å². The van der Waals surface area contributed by atoms with E-state index in [-0.39, 0.29) is 0 Å². The summed E-state index contributed by atoms with van der Waals surface area (Å²) in [7, 11) is 2.06. The van der Waals surface area contributed by atoms with Crippen molar-refractivity contribution < 1.29 is 4.79 Å². The van der Waals surface area contributed by atoms with E-state index in [2.05, 4.69) is 31.1 Å². The average Bonchev–Trinajstić information content (AvgIpc) is 2.58. The molecule has 2 rings (SSSR count). The Morgan fingerprint density at radius 1 is 1.25 bits per heavy atom. The molecule has 0 aromatic heterocycles. The molecule has 2 fully saturated rings. The van der Waals surface area contributed by atoms with Crippen LogP contribution in [0.25, 0.3) is 0 Å². The van der Waals surface area contributed by atoms with Gasteiger partial charge in [-0.3, -0.25) is 4.79 Å². The number of nitrogens with one attached hydrogen (secondary N) is 1. The third kappa shape index (κ3) is 4.21. The molecule has 2 aliphatic rings. The number of hydrogen-bond acceptors (Lipinski definition) is 2. The normalized spacial score (nSPS) is 26.4. The quantitative estimate of drug-likeness (QED) is 0.857. The van der Waals surface area contributed by atoms with Crippen LogP contribution < -0.4 is 5.32 Å². The number of hydrogen-bond donors (Lipinski definition) is 1. The Balaban J connectivity index is 1.93. The predicted octanol–water partition coefficient (Wildman–Crippen LogP) is 3.19. The average molecular weight is 280 g/mol. The van der Waals surface area contributed by atoms with E-state index >= 15 is 0 Å². The van der Waals surface area contributed by atoms with Crippen molar-refractivity contribution in [1.82, 2.24) is 10.2 Å². The first-order valence-electron chi connectivity index (χ1n) is 8.47. The summed E-state index contributed by atoms with van der Waals surface area (Å²) in [5, 5.41) is 3.49. The van der Waals surface area contributed by atoms with Crippen LogP contribution in [0.15, 0.2) is 0 Å². The van der Waals surface area contributed by atoms with Gasteiger partial charge in [0.05, 0.1) is 0 Å². The molecular formula is C17H32N2O. The second kappa shape index (κ2) is 6.93. The monoisotopic (exact) mass is 280 g/mol. The summed E-state index contributed by atoms with van der Waals surface area (Å²) in [6, 6.07) is 0.487. The van der Waals surface area contributed by atoms with Crippen molar-refractivity contribution in [2.45, 2.75) is 71.3 Å².